The molecule has 1 aliphatic heterocycles. The van der Waals surface area contributed by atoms with Crippen molar-refractivity contribution < 1.29 is 4.74 Å². The van der Waals surface area contributed by atoms with E-state index in [0.717, 1.165) is 37.6 Å². The smallest absolute Gasteiger partial charge is 0.148 e. The van der Waals surface area contributed by atoms with Crippen molar-refractivity contribution >= 4 is 11.6 Å². The number of rotatable bonds is 4. The molecule has 0 radical (unpaired) electrons. The van der Waals surface area contributed by atoms with Crippen LogP contribution in [0.15, 0.2) is 6.33 Å². The van der Waals surface area contributed by atoms with Gasteiger partial charge in [-0.15, -0.1) is 0 Å². The number of nitrogens with one attached hydrogen (secondary N) is 1. The van der Waals surface area contributed by atoms with Crippen LogP contribution in [0.2, 0.25) is 0 Å². The Morgan fingerprint density at radius 1 is 1.56 bits per heavy atom. The zero-order valence-electron chi connectivity index (χ0n) is 11.0. The highest BCUT2D eigenvalue weighted by Crippen LogP contribution is 2.23. The Bertz CT molecular complexity index is 392. The second-order valence-electron chi connectivity index (χ2n) is 4.78. The van der Waals surface area contributed by atoms with Gasteiger partial charge in [-0.2, -0.15) is 0 Å². The molecule has 0 aliphatic carbocycles. The lowest BCUT2D eigenvalue weighted by molar-refractivity contribution is 0.0576. The lowest BCUT2D eigenvalue weighted by Gasteiger charge is -2.28. The van der Waals surface area contributed by atoms with E-state index in [2.05, 4.69) is 20.3 Å². The Labute approximate surface area is 108 Å². The molecule has 1 saturated heterocycles. The fraction of sp³-hybridized carbons (Fsp3) is 0.667. The largest absolute Gasteiger partial charge is 0.381 e. The SMILES string of the molecule is Cc1c(NN)ncnc1N(C)CC1CCCOC1. The quantitative estimate of drug-likeness (QED) is 0.612. The maximum atomic E-state index is 5.50. The van der Waals surface area contributed by atoms with E-state index in [0.29, 0.717) is 11.7 Å². The van der Waals surface area contributed by atoms with Crippen molar-refractivity contribution in [1.82, 2.24) is 9.97 Å². The minimum atomic E-state index is 0.576. The molecule has 6 heteroatoms. The number of hydrogen-bond donors (Lipinski definition) is 2. The molecular formula is C12H21N5O. The van der Waals surface area contributed by atoms with Gasteiger partial charge in [-0.25, -0.2) is 15.8 Å². The number of hydrazine groups is 1. The second kappa shape index (κ2) is 5.97. The Balaban J connectivity index is 2.05. The summed E-state index contributed by atoms with van der Waals surface area (Å²) in [4.78, 5) is 10.6. The van der Waals surface area contributed by atoms with E-state index in [1.165, 1.54) is 12.7 Å². The first-order chi connectivity index (χ1) is 8.72. The van der Waals surface area contributed by atoms with Crippen molar-refractivity contribution in [3.63, 3.8) is 0 Å². The molecule has 2 heterocycles. The molecule has 1 aliphatic rings. The summed E-state index contributed by atoms with van der Waals surface area (Å²) in [6.45, 7) is 4.66. The van der Waals surface area contributed by atoms with Crippen molar-refractivity contribution in [1.29, 1.82) is 0 Å². The molecule has 100 valence electrons. The van der Waals surface area contributed by atoms with Crippen LogP contribution in [0.1, 0.15) is 18.4 Å². The number of aromatic nitrogens is 2. The Hall–Kier alpha value is -1.40. The Morgan fingerprint density at radius 3 is 3.06 bits per heavy atom. The van der Waals surface area contributed by atoms with Gasteiger partial charge in [-0.3, -0.25) is 0 Å². The molecule has 0 saturated carbocycles. The number of nitrogen functional groups attached to an aromatic ring is 1. The second-order valence-corrected chi connectivity index (χ2v) is 4.78. The van der Waals surface area contributed by atoms with Gasteiger partial charge in [0.1, 0.15) is 18.0 Å². The minimum absolute atomic E-state index is 0.576. The molecule has 1 aromatic heterocycles. The van der Waals surface area contributed by atoms with Crippen LogP contribution in [0.5, 0.6) is 0 Å². The summed E-state index contributed by atoms with van der Waals surface area (Å²) in [6.07, 6.45) is 3.90. The van der Waals surface area contributed by atoms with Crippen molar-refractivity contribution in [2.45, 2.75) is 19.8 Å². The van der Waals surface area contributed by atoms with E-state index in [-0.39, 0.29) is 0 Å². The van der Waals surface area contributed by atoms with Crippen LogP contribution in [0.25, 0.3) is 0 Å². The Kier molecular flexibility index (Phi) is 4.33. The number of hydrogen-bond acceptors (Lipinski definition) is 6. The fourth-order valence-electron chi connectivity index (χ4n) is 2.40. The summed E-state index contributed by atoms with van der Waals surface area (Å²) < 4.78 is 5.50. The van der Waals surface area contributed by atoms with Gasteiger partial charge in [0, 0.05) is 25.8 Å². The zero-order chi connectivity index (χ0) is 13.0. The maximum Gasteiger partial charge on any atom is 0.148 e. The van der Waals surface area contributed by atoms with Gasteiger partial charge in [-0.1, -0.05) is 0 Å². The standard InChI is InChI=1S/C12H21N5O/c1-9-11(16-13)14-8-15-12(9)17(2)6-10-4-3-5-18-7-10/h8,10H,3-7,13H2,1-2H3,(H,14,15,16). The zero-order valence-corrected chi connectivity index (χ0v) is 11.0. The van der Waals surface area contributed by atoms with E-state index < -0.39 is 0 Å². The van der Waals surface area contributed by atoms with E-state index in [9.17, 15) is 0 Å². The molecule has 6 nitrogen and oxygen atoms in total. The van der Waals surface area contributed by atoms with E-state index in [1.54, 1.807) is 0 Å². The Morgan fingerprint density at radius 2 is 2.39 bits per heavy atom. The fourth-order valence-corrected chi connectivity index (χ4v) is 2.40. The van der Waals surface area contributed by atoms with Crippen molar-refractivity contribution in [2.75, 3.05) is 37.1 Å². The summed E-state index contributed by atoms with van der Waals surface area (Å²) in [5.41, 5.74) is 3.56. The van der Waals surface area contributed by atoms with Gasteiger partial charge in [0.05, 0.1) is 6.61 Å². The van der Waals surface area contributed by atoms with Crippen LogP contribution in [0.3, 0.4) is 0 Å². The van der Waals surface area contributed by atoms with Crippen molar-refractivity contribution in [3.8, 4) is 0 Å². The summed E-state index contributed by atoms with van der Waals surface area (Å²) in [7, 11) is 2.05. The maximum absolute atomic E-state index is 5.50. The number of anilines is 2. The molecule has 3 N–H and O–H groups in total. The van der Waals surface area contributed by atoms with E-state index in [4.69, 9.17) is 10.6 Å². The molecule has 1 unspecified atom stereocenters. The molecule has 18 heavy (non-hydrogen) atoms. The van der Waals surface area contributed by atoms with Gasteiger partial charge in [0.2, 0.25) is 0 Å². The van der Waals surface area contributed by atoms with Crippen molar-refractivity contribution in [2.24, 2.45) is 11.8 Å². The third-order valence-corrected chi connectivity index (χ3v) is 3.34. The van der Waals surface area contributed by atoms with Crippen LogP contribution >= 0.6 is 0 Å². The minimum Gasteiger partial charge on any atom is -0.381 e. The highest BCUT2D eigenvalue weighted by atomic mass is 16.5. The molecule has 0 aromatic carbocycles. The highest BCUT2D eigenvalue weighted by Gasteiger charge is 2.18. The predicted octanol–water partition coefficient (Wildman–Crippen LogP) is 0.933. The average Bonchev–Trinajstić information content (AvgIpc) is 2.40. The number of ether oxygens (including phenoxy) is 1. The predicted molar refractivity (Wildman–Crippen MR) is 71.4 cm³/mol. The van der Waals surface area contributed by atoms with Crippen LogP contribution in [-0.4, -0.2) is 36.8 Å². The average molecular weight is 251 g/mol. The molecule has 1 atom stereocenters. The molecule has 0 bridgehead atoms. The monoisotopic (exact) mass is 251 g/mol. The van der Waals surface area contributed by atoms with Crippen molar-refractivity contribution in [3.05, 3.63) is 11.9 Å². The van der Waals surface area contributed by atoms with Gasteiger partial charge in [-0.05, 0) is 25.7 Å². The summed E-state index contributed by atoms with van der Waals surface area (Å²) in [5.74, 6) is 7.59. The molecular weight excluding hydrogens is 230 g/mol. The van der Waals surface area contributed by atoms with Gasteiger partial charge < -0.3 is 15.1 Å². The number of nitrogens with zero attached hydrogens (tertiary/aromatic N) is 3. The van der Waals surface area contributed by atoms with Crippen LogP contribution in [0, 0.1) is 12.8 Å². The van der Waals surface area contributed by atoms with Gasteiger partial charge in [0.15, 0.2) is 0 Å². The molecule has 0 spiro atoms. The molecule has 0 amide bonds. The van der Waals surface area contributed by atoms with Crippen LogP contribution in [-0.2, 0) is 4.74 Å². The third kappa shape index (κ3) is 2.88. The van der Waals surface area contributed by atoms with Gasteiger partial charge >= 0.3 is 0 Å². The van der Waals surface area contributed by atoms with Crippen LogP contribution < -0.4 is 16.2 Å². The summed E-state index contributed by atoms with van der Waals surface area (Å²) in [5, 5.41) is 0. The topological polar surface area (TPSA) is 76.3 Å². The number of nitrogens with two attached hydrogens (primary N) is 1. The third-order valence-electron chi connectivity index (χ3n) is 3.34. The first kappa shape index (κ1) is 13.0. The summed E-state index contributed by atoms with van der Waals surface area (Å²) in [6, 6.07) is 0. The van der Waals surface area contributed by atoms with Gasteiger partial charge in [0.25, 0.3) is 0 Å². The summed E-state index contributed by atoms with van der Waals surface area (Å²) >= 11 is 0. The lowest BCUT2D eigenvalue weighted by Crippen LogP contribution is -2.32. The highest BCUT2D eigenvalue weighted by molar-refractivity contribution is 5.56. The lowest BCUT2D eigenvalue weighted by atomic mass is 10.0. The van der Waals surface area contributed by atoms with E-state index >= 15 is 0 Å². The normalized spacial score (nSPS) is 19.6. The molecule has 1 aromatic rings. The molecule has 2 rings (SSSR count). The van der Waals surface area contributed by atoms with E-state index in [1.807, 2.05) is 14.0 Å². The van der Waals surface area contributed by atoms with Crippen LogP contribution in [0.4, 0.5) is 11.6 Å². The molecule has 1 fully saturated rings. The first-order valence-corrected chi connectivity index (χ1v) is 6.29. The first-order valence-electron chi connectivity index (χ1n) is 6.29.